The summed E-state index contributed by atoms with van der Waals surface area (Å²) in [5.41, 5.74) is 0. The third-order valence-corrected chi connectivity index (χ3v) is 1.84. The molecule has 82 valence electrons. The maximum absolute atomic E-state index is 5.43. The predicted molar refractivity (Wildman–Crippen MR) is 64.3 cm³/mol. The van der Waals surface area contributed by atoms with Gasteiger partial charge >= 0.3 is 0 Å². The van der Waals surface area contributed by atoms with Crippen molar-refractivity contribution in [2.45, 2.75) is 12.8 Å². The van der Waals surface area contributed by atoms with E-state index in [9.17, 15) is 0 Å². The van der Waals surface area contributed by atoms with Gasteiger partial charge in [-0.05, 0) is 12.1 Å². The van der Waals surface area contributed by atoms with Crippen LogP contribution in [0.15, 0.2) is 24.3 Å². The Morgan fingerprint density at radius 3 is 1.88 bits per heavy atom. The van der Waals surface area contributed by atoms with Crippen LogP contribution in [-0.4, -0.2) is 13.2 Å². The van der Waals surface area contributed by atoms with Gasteiger partial charge in [-0.3, -0.25) is 0 Å². The quantitative estimate of drug-likeness (QED) is 0.535. The van der Waals surface area contributed by atoms with Crippen molar-refractivity contribution in [2.24, 2.45) is 0 Å². The van der Waals surface area contributed by atoms with E-state index in [1.165, 1.54) is 0 Å². The van der Waals surface area contributed by atoms with E-state index in [2.05, 4.69) is 11.8 Å². The number of hydrogen-bond donors (Lipinski definition) is 0. The van der Waals surface area contributed by atoms with Crippen molar-refractivity contribution in [1.29, 1.82) is 0 Å². The molecule has 0 aliphatic carbocycles. The van der Waals surface area contributed by atoms with Crippen LogP contribution in [0.1, 0.15) is 12.8 Å². The van der Waals surface area contributed by atoms with Crippen LogP contribution in [0, 0.1) is 24.7 Å². The summed E-state index contributed by atoms with van der Waals surface area (Å²) in [6.07, 6.45) is 11.5. The lowest BCUT2D eigenvalue weighted by Crippen LogP contribution is -1.98. The number of terminal acetylenes is 2. The normalized spacial score (nSPS) is 8.88. The Morgan fingerprint density at radius 1 is 0.938 bits per heavy atom. The SMILES string of the molecule is C#CCCOc1cccc(OCCC#C)c1. The second-order valence-electron chi connectivity index (χ2n) is 3.08. The zero-order valence-electron chi connectivity index (χ0n) is 9.11. The second kappa shape index (κ2) is 7.26. The van der Waals surface area contributed by atoms with E-state index in [0.717, 1.165) is 11.5 Å². The zero-order chi connectivity index (χ0) is 11.6. The second-order valence-corrected chi connectivity index (χ2v) is 3.08. The molecule has 0 fully saturated rings. The molecule has 0 spiro atoms. The molecule has 0 aromatic heterocycles. The molecule has 0 radical (unpaired) electrons. The van der Waals surface area contributed by atoms with Crippen molar-refractivity contribution in [2.75, 3.05) is 13.2 Å². The van der Waals surface area contributed by atoms with Crippen LogP contribution in [0.2, 0.25) is 0 Å². The van der Waals surface area contributed by atoms with Crippen molar-refractivity contribution in [3.63, 3.8) is 0 Å². The van der Waals surface area contributed by atoms with Crippen LogP contribution in [-0.2, 0) is 0 Å². The smallest absolute Gasteiger partial charge is 0.123 e. The molecule has 1 aromatic rings. The molecule has 0 saturated carbocycles. The average molecular weight is 214 g/mol. The van der Waals surface area contributed by atoms with Gasteiger partial charge in [0.15, 0.2) is 0 Å². The molecule has 0 aliphatic rings. The summed E-state index contributed by atoms with van der Waals surface area (Å²) in [5.74, 6) is 6.55. The van der Waals surface area contributed by atoms with E-state index in [1.807, 2.05) is 24.3 Å². The minimum Gasteiger partial charge on any atom is -0.492 e. The standard InChI is InChI=1S/C14H14O2/c1-3-5-10-15-13-8-7-9-14(12-13)16-11-6-4-2/h1-2,7-9,12H,5-6,10-11H2. The largest absolute Gasteiger partial charge is 0.492 e. The van der Waals surface area contributed by atoms with Gasteiger partial charge in [0.2, 0.25) is 0 Å². The maximum Gasteiger partial charge on any atom is 0.123 e. The topological polar surface area (TPSA) is 18.5 Å². The van der Waals surface area contributed by atoms with Gasteiger partial charge in [0.1, 0.15) is 11.5 Å². The van der Waals surface area contributed by atoms with Crippen LogP contribution >= 0.6 is 0 Å². The van der Waals surface area contributed by atoms with E-state index in [0.29, 0.717) is 26.1 Å². The maximum atomic E-state index is 5.43. The molecule has 2 heteroatoms. The van der Waals surface area contributed by atoms with E-state index in [-0.39, 0.29) is 0 Å². The van der Waals surface area contributed by atoms with Crippen molar-refractivity contribution >= 4 is 0 Å². The molecule has 0 saturated heterocycles. The molecular formula is C14H14O2. The van der Waals surface area contributed by atoms with Crippen LogP contribution in [0.25, 0.3) is 0 Å². The predicted octanol–water partition coefficient (Wildman–Crippen LogP) is 2.49. The fourth-order valence-electron chi connectivity index (χ4n) is 1.11. The van der Waals surface area contributed by atoms with Gasteiger partial charge < -0.3 is 9.47 Å². The molecule has 0 heterocycles. The summed E-state index contributed by atoms with van der Waals surface area (Å²) in [7, 11) is 0. The third-order valence-electron chi connectivity index (χ3n) is 1.84. The van der Waals surface area contributed by atoms with Gasteiger partial charge in [-0.15, -0.1) is 24.7 Å². The first-order chi connectivity index (χ1) is 7.86. The van der Waals surface area contributed by atoms with Crippen LogP contribution in [0.4, 0.5) is 0 Å². The number of ether oxygens (including phenoxy) is 2. The molecule has 16 heavy (non-hydrogen) atoms. The van der Waals surface area contributed by atoms with Crippen LogP contribution in [0.3, 0.4) is 0 Å². The van der Waals surface area contributed by atoms with Gasteiger partial charge in [0.05, 0.1) is 13.2 Å². The van der Waals surface area contributed by atoms with E-state index in [1.54, 1.807) is 0 Å². The van der Waals surface area contributed by atoms with Crippen LogP contribution < -0.4 is 9.47 Å². The highest BCUT2D eigenvalue weighted by molar-refractivity contribution is 5.32. The molecular weight excluding hydrogens is 200 g/mol. The number of rotatable bonds is 6. The summed E-state index contributed by atoms with van der Waals surface area (Å²) >= 11 is 0. The van der Waals surface area contributed by atoms with Gasteiger partial charge in [0, 0.05) is 18.9 Å². The first-order valence-electron chi connectivity index (χ1n) is 5.09. The lowest BCUT2D eigenvalue weighted by Gasteiger charge is -2.07. The molecule has 0 N–H and O–H groups in total. The van der Waals surface area contributed by atoms with Crippen molar-refractivity contribution in [3.05, 3.63) is 24.3 Å². The summed E-state index contributed by atoms with van der Waals surface area (Å²) < 4.78 is 10.9. The zero-order valence-corrected chi connectivity index (χ0v) is 9.11. The Kier molecular flexibility index (Phi) is 5.45. The first kappa shape index (κ1) is 12.0. The lowest BCUT2D eigenvalue weighted by atomic mass is 10.3. The summed E-state index contributed by atoms with van der Waals surface area (Å²) in [5, 5.41) is 0. The molecule has 1 aromatic carbocycles. The molecule has 0 aliphatic heterocycles. The van der Waals surface area contributed by atoms with E-state index >= 15 is 0 Å². The minimum absolute atomic E-state index is 0.518. The van der Waals surface area contributed by atoms with E-state index in [4.69, 9.17) is 22.3 Å². The summed E-state index contributed by atoms with van der Waals surface area (Å²) in [4.78, 5) is 0. The van der Waals surface area contributed by atoms with Crippen LogP contribution in [0.5, 0.6) is 11.5 Å². The van der Waals surface area contributed by atoms with Gasteiger partial charge in [-0.25, -0.2) is 0 Å². The molecule has 0 atom stereocenters. The van der Waals surface area contributed by atoms with Crippen molar-refractivity contribution in [3.8, 4) is 36.2 Å². The van der Waals surface area contributed by atoms with Gasteiger partial charge in [-0.1, -0.05) is 6.07 Å². The molecule has 2 nitrogen and oxygen atoms in total. The number of benzene rings is 1. The molecule has 0 amide bonds. The average Bonchev–Trinajstić information content (AvgIpc) is 2.30. The first-order valence-corrected chi connectivity index (χ1v) is 5.09. The molecule has 0 bridgehead atoms. The Balaban J connectivity index is 2.45. The fourth-order valence-corrected chi connectivity index (χ4v) is 1.11. The molecule has 1 rings (SSSR count). The summed E-state index contributed by atoms with van der Waals surface area (Å²) in [6.45, 7) is 1.04. The number of hydrogen-bond acceptors (Lipinski definition) is 2. The Hall–Kier alpha value is -2.06. The monoisotopic (exact) mass is 214 g/mol. The van der Waals surface area contributed by atoms with Gasteiger partial charge in [-0.2, -0.15) is 0 Å². The Morgan fingerprint density at radius 2 is 1.44 bits per heavy atom. The van der Waals surface area contributed by atoms with Crippen molar-refractivity contribution in [1.82, 2.24) is 0 Å². The van der Waals surface area contributed by atoms with E-state index < -0.39 is 0 Å². The van der Waals surface area contributed by atoms with Gasteiger partial charge in [0.25, 0.3) is 0 Å². The summed E-state index contributed by atoms with van der Waals surface area (Å²) in [6, 6.07) is 7.43. The Bertz CT molecular complexity index is 361. The highest BCUT2D eigenvalue weighted by Crippen LogP contribution is 2.19. The van der Waals surface area contributed by atoms with Crippen molar-refractivity contribution < 1.29 is 9.47 Å². The minimum atomic E-state index is 0.518. The third kappa shape index (κ3) is 4.44. The lowest BCUT2D eigenvalue weighted by molar-refractivity contribution is 0.311. The Labute approximate surface area is 96.6 Å². The fraction of sp³-hybridized carbons (Fsp3) is 0.286. The molecule has 0 unspecified atom stereocenters. The highest BCUT2D eigenvalue weighted by Gasteiger charge is 1.97. The highest BCUT2D eigenvalue weighted by atomic mass is 16.5.